The zero-order valence-corrected chi connectivity index (χ0v) is 14.6. The lowest BCUT2D eigenvalue weighted by atomic mass is 9.93. The summed E-state index contributed by atoms with van der Waals surface area (Å²) in [6.07, 6.45) is 6.14. The van der Waals surface area contributed by atoms with Crippen molar-refractivity contribution in [3.63, 3.8) is 0 Å². The van der Waals surface area contributed by atoms with Crippen molar-refractivity contribution in [1.29, 1.82) is 0 Å². The maximum Gasteiger partial charge on any atom is 0.257 e. The fraction of sp³-hybridized carbons (Fsp3) is 0.400. The van der Waals surface area contributed by atoms with Gasteiger partial charge >= 0.3 is 0 Å². The Kier molecular flexibility index (Phi) is 4.75. The van der Waals surface area contributed by atoms with Gasteiger partial charge in [0.05, 0.1) is 11.1 Å². The average Bonchev–Trinajstić information content (AvgIpc) is 3.31. The molecule has 2 heterocycles. The van der Waals surface area contributed by atoms with E-state index in [9.17, 15) is 9.59 Å². The molecule has 3 N–H and O–H groups in total. The third-order valence-electron chi connectivity index (χ3n) is 5.04. The zero-order valence-electron chi connectivity index (χ0n) is 14.6. The van der Waals surface area contributed by atoms with Crippen LogP contribution < -0.4 is 15.4 Å². The van der Waals surface area contributed by atoms with E-state index in [4.69, 9.17) is 4.74 Å². The lowest BCUT2D eigenvalue weighted by Crippen LogP contribution is -2.28. The van der Waals surface area contributed by atoms with Gasteiger partial charge in [-0.15, -0.1) is 0 Å². The number of H-pyrrole nitrogens is 1. The van der Waals surface area contributed by atoms with Crippen LogP contribution in [0.15, 0.2) is 30.5 Å². The number of ether oxygens (including phenoxy) is 1. The fourth-order valence-electron chi connectivity index (χ4n) is 3.64. The summed E-state index contributed by atoms with van der Waals surface area (Å²) < 4.78 is 5.79. The molecule has 0 bridgehead atoms. The quantitative estimate of drug-likeness (QED) is 0.772. The number of anilines is 1. The van der Waals surface area contributed by atoms with E-state index in [0.29, 0.717) is 35.9 Å². The van der Waals surface area contributed by atoms with Crippen LogP contribution in [0.5, 0.6) is 5.75 Å². The van der Waals surface area contributed by atoms with Crippen LogP contribution in [0.25, 0.3) is 0 Å². The summed E-state index contributed by atoms with van der Waals surface area (Å²) in [5.74, 6) is 0.564. The minimum Gasteiger partial charge on any atom is -0.492 e. The number of aryl methyl sites for hydroxylation is 1. The van der Waals surface area contributed by atoms with E-state index in [0.717, 1.165) is 37.3 Å². The summed E-state index contributed by atoms with van der Waals surface area (Å²) in [5, 5.41) is 6.26. The number of nitrogens with one attached hydrogen (secondary N) is 3. The van der Waals surface area contributed by atoms with Gasteiger partial charge < -0.3 is 20.4 Å². The van der Waals surface area contributed by atoms with Crippen LogP contribution in [-0.2, 0) is 6.42 Å². The van der Waals surface area contributed by atoms with Gasteiger partial charge in [0.2, 0.25) is 0 Å². The van der Waals surface area contributed by atoms with Crippen LogP contribution in [-0.4, -0.2) is 35.9 Å². The third-order valence-corrected chi connectivity index (χ3v) is 5.04. The normalized spacial score (nSPS) is 19.2. The van der Waals surface area contributed by atoms with E-state index in [1.54, 1.807) is 6.20 Å². The smallest absolute Gasteiger partial charge is 0.257 e. The summed E-state index contributed by atoms with van der Waals surface area (Å²) in [4.78, 5) is 27.8. The van der Waals surface area contributed by atoms with E-state index in [-0.39, 0.29) is 11.7 Å². The minimum absolute atomic E-state index is 0.0434. The van der Waals surface area contributed by atoms with E-state index in [1.807, 2.05) is 24.3 Å². The number of rotatable bonds is 5. The Morgan fingerprint density at radius 1 is 1.19 bits per heavy atom. The first-order valence-corrected chi connectivity index (χ1v) is 9.22. The van der Waals surface area contributed by atoms with Gasteiger partial charge in [-0.05, 0) is 56.5 Å². The average molecular weight is 353 g/mol. The van der Waals surface area contributed by atoms with Gasteiger partial charge in [-0.25, -0.2) is 0 Å². The maximum absolute atomic E-state index is 12.6. The summed E-state index contributed by atoms with van der Waals surface area (Å²) in [5.41, 5.74) is 2.53. The zero-order chi connectivity index (χ0) is 17.9. The van der Waals surface area contributed by atoms with Crippen molar-refractivity contribution in [2.75, 3.05) is 18.5 Å². The molecule has 2 aromatic rings. The SMILES string of the molecule is O=C(Nc1ccc(OC[C@@H]2CCCN2)cc1)c1c[nH]c2c1C(=O)CCC2. The van der Waals surface area contributed by atoms with E-state index in [1.165, 1.54) is 6.42 Å². The van der Waals surface area contributed by atoms with Gasteiger partial charge in [0.25, 0.3) is 5.91 Å². The molecule has 1 atom stereocenters. The van der Waals surface area contributed by atoms with Crippen LogP contribution in [0.2, 0.25) is 0 Å². The molecule has 136 valence electrons. The van der Waals surface area contributed by atoms with Crippen molar-refractivity contribution in [2.45, 2.75) is 38.1 Å². The monoisotopic (exact) mass is 353 g/mol. The van der Waals surface area contributed by atoms with Gasteiger partial charge in [0, 0.05) is 30.0 Å². The number of ketones is 1. The first kappa shape index (κ1) is 16.8. The lowest BCUT2D eigenvalue weighted by molar-refractivity contribution is 0.0956. The Morgan fingerprint density at radius 3 is 2.81 bits per heavy atom. The van der Waals surface area contributed by atoms with Crippen LogP contribution in [0, 0.1) is 0 Å². The highest BCUT2D eigenvalue weighted by atomic mass is 16.5. The Bertz CT molecular complexity index is 804. The number of fused-ring (bicyclic) bond motifs is 1. The first-order valence-electron chi connectivity index (χ1n) is 9.22. The van der Waals surface area contributed by atoms with Crippen LogP contribution >= 0.6 is 0 Å². The molecule has 1 aromatic heterocycles. The molecule has 0 radical (unpaired) electrons. The molecule has 1 aliphatic carbocycles. The molecule has 6 heteroatoms. The molecule has 6 nitrogen and oxygen atoms in total. The first-order chi connectivity index (χ1) is 12.7. The van der Waals surface area contributed by atoms with E-state index < -0.39 is 0 Å². The number of carbonyl (C=O) groups excluding carboxylic acids is 2. The van der Waals surface area contributed by atoms with Crippen LogP contribution in [0.3, 0.4) is 0 Å². The van der Waals surface area contributed by atoms with Crippen LogP contribution in [0.1, 0.15) is 52.1 Å². The highest BCUT2D eigenvalue weighted by Crippen LogP contribution is 2.25. The Labute approximate surface area is 152 Å². The molecule has 1 amide bonds. The largest absolute Gasteiger partial charge is 0.492 e. The van der Waals surface area contributed by atoms with Crippen molar-refractivity contribution in [1.82, 2.24) is 10.3 Å². The Morgan fingerprint density at radius 2 is 2.04 bits per heavy atom. The molecule has 1 aliphatic heterocycles. The molecule has 1 fully saturated rings. The molecule has 1 aromatic carbocycles. The number of hydrogen-bond donors (Lipinski definition) is 3. The van der Waals surface area contributed by atoms with Gasteiger partial charge in [0.15, 0.2) is 5.78 Å². The molecular formula is C20H23N3O3. The standard InChI is InChI=1S/C20H23N3O3/c24-18-5-1-4-17-19(18)16(11-22-17)20(25)23-13-6-8-15(9-7-13)26-12-14-3-2-10-21-14/h6-9,11,14,21-22H,1-5,10,12H2,(H,23,25)/t14-/m0/s1. The van der Waals surface area contributed by atoms with Gasteiger partial charge in [-0.3, -0.25) is 9.59 Å². The number of aromatic nitrogens is 1. The van der Waals surface area contributed by atoms with Crippen molar-refractivity contribution in [3.05, 3.63) is 47.3 Å². The van der Waals surface area contributed by atoms with E-state index >= 15 is 0 Å². The molecule has 4 rings (SSSR count). The summed E-state index contributed by atoms with van der Waals surface area (Å²) in [6.45, 7) is 1.72. The summed E-state index contributed by atoms with van der Waals surface area (Å²) >= 11 is 0. The molecule has 0 unspecified atom stereocenters. The van der Waals surface area contributed by atoms with Crippen molar-refractivity contribution in [3.8, 4) is 5.75 Å². The molecule has 1 saturated heterocycles. The lowest BCUT2D eigenvalue weighted by Gasteiger charge is -2.13. The molecule has 26 heavy (non-hydrogen) atoms. The van der Waals surface area contributed by atoms with E-state index in [2.05, 4.69) is 15.6 Å². The number of amides is 1. The number of hydrogen-bond acceptors (Lipinski definition) is 4. The fourth-order valence-corrected chi connectivity index (χ4v) is 3.64. The number of Topliss-reactive ketones (excluding diaryl/α,β-unsaturated/α-hetero) is 1. The predicted molar refractivity (Wildman–Crippen MR) is 99.0 cm³/mol. The Balaban J connectivity index is 1.39. The summed E-state index contributed by atoms with van der Waals surface area (Å²) in [6, 6.07) is 7.75. The molecular weight excluding hydrogens is 330 g/mol. The van der Waals surface area contributed by atoms with Crippen LogP contribution in [0.4, 0.5) is 5.69 Å². The Hall–Kier alpha value is -2.60. The number of carbonyl (C=O) groups is 2. The second kappa shape index (κ2) is 7.33. The number of benzene rings is 1. The van der Waals surface area contributed by atoms with Crippen molar-refractivity contribution >= 4 is 17.4 Å². The highest BCUT2D eigenvalue weighted by Gasteiger charge is 2.25. The maximum atomic E-state index is 12.6. The highest BCUT2D eigenvalue weighted by molar-refractivity contribution is 6.13. The minimum atomic E-state index is -0.262. The second-order valence-corrected chi connectivity index (χ2v) is 6.92. The van der Waals surface area contributed by atoms with Gasteiger partial charge in [-0.2, -0.15) is 0 Å². The molecule has 2 aliphatic rings. The van der Waals surface area contributed by atoms with Crippen molar-refractivity contribution < 1.29 is 14.3 Å². The predicted octanol–water partition coefficient (Wildman–Crippen LogP) is 2.92. The van der Waals surface area contributed by atoms with Gasteiger partial charge in [0.1, 0.15) is 12.4 Å². The topological polar surface area (TPSA) is 83.2 Å². The summed E-state index contributed by atoms with van der Waals surface area (Å²) in [7, 11) is 0. The second-order valence-electron chi connectivity index (χ2n) is 6.92. The molecule has 0 spiro atoms. The molecule has 0 saturated carbocycles. The number of aromatic amines is 1. The van der Waals surface area contributed by atoms with Crippen molar-refractivity contribution in [2.24, 2.45) is 0 Å². The van der Waals surface area contributed by atoms with Gasteiger partial charge in [-0.1, -0.05) is 0 Å². The third kappa shape index (κ3) is 3.51.